The van der Waals surface area contributed by atoms with Gasteiger partial charge in [0.15, 0.2) is 0 Å². The zero-order valence-corrected chi connectivity index (χ0v) is 11.4. The molecule has 0 amide bonds. The molecule has 0 saturated heterocycles. The second-order valence-electron chi connectivity index (χ2n) is 4.66. The van der Waals surface area contributed by atoms with Crippen molar-refractivity contribution >= 4 is 0 Å². The molecule has 0 heterocycles. The lowest BCUT2D eigenvalue weighted by atomic mass is 10.1. The summed E-state index contributed by atoms with van der Waals surface area (Å²) >= 11 is 0. The molecule has 2 N–H and O–H groups in total. The van der Waals surface area contributed by atoms with Crippen LogP contribution >= 0.6 is 0 Å². The molecule has 20 heavy (non-hydrogen) atoms. The minimum absolute atomic E-state index is 0.347. The molecule has 0 radical (unpaired) electrons. The van der Waals surface area contributed by atoms with E-state index in [9.17, 15) is 4.39 Å². The highest BCUT2D eigenvalue weighted by Crippen LogP contribution is 2.31. The SMILES string of the molecule is Cc1ccc(C#N)cc1Oc1ccc(F)cc1[C@H](C)N. The highest BCUT2D eigenvalue weighted by atomic mass is 19.1. The lowest BCUT2D eigenvalue weighted by Crippen LogP contribution is -2.07. The molecule has 2 aromatic rings. The molecule has 1 atom stereocenters. The molecule has 0 aliphatic rings. The fourth-order valence-corrected chi connectivity index (χ4v) is 1.87. The highest BCUT2D eigenvalue weighted by Gasteiger charge is 2.12. The summed E-state index contributed by atoms with van der Waals surface area (Å²) in [6.07, 6.45) is 0. The van der Waals surface area contributed by atoms with Crippen LogP contribution in [0.2, 0.25) is 0 Å². The molecule has 0 saturated carbocycles. The number of aryl methyl sites for hydroxylation is 1. The maximum atomic E-state index is 13.3. The van der Waals surface area contributed by atoms with E-state index in [0.717, 1.165) is 5.56 Å². The molecular formula is C16H15FN2O. The largest absolute Gasteiger partial charge is 0.457 e. The Hall–Kier alpha value is -2.38. The number of hydrogen-bond acceptors (Lipinski definition) is 3. The molecule has 0 fully saturated rings. The van der Waals surface area contributed by atoms with Crippen molar-refractivity contribution in [3.05, 3.63) is 58.9 Å². The predicted molar refractivity (Wildman–Crippen MR) is 75.0 cm³/mol. The lowest BCUT2D eigenvalue weighted by Gasteiger charge is -2.15. The Kier molecular flexibility index (Phi) is 4.02. The minimum atomic E-state index is -0.354. The van der Waals surface area contributed by atoms with E-state index in [1.807, 2.05) is 13.0 Å². The molecule has 4 heteroatoms. The van der Waals surface area contributed by atoms with Gasteiger partial charge in [0.25, 0.3) is 0 Å². The van der Waals surface area contributed by atoms with Gasteiger partial charge in [0.2, 0.25) is 0 Å². The maximum absolute atomic E-state index is 13.3. The minimum Gasteiger partial charge on any atom is -0.457 e. The van der Waals surface area contributed by atoms with Crippen LogP contribution in [0.3, 0.4) is 0 Å². The van der Waals surface area contributed by atoms with E-state index in [0.29, 0.717) is 22.6 Å². The van der Waals surface area contributed by atoms with Crippen LogP contribution in [0.5, 0.6) is 11.5 Å². The Morgan fingerprint density at radius 2 is 1.95 bits per heavy atom. The average molecular weight is 270 g/mol. The van der Waals surface area contributed by atoms with Crippen molar-refractivity contribution in [1.82, 2.24) is 0 Å². The Labute approximate surface area is 117 Å². The van der Waals surface area contributed by atoms with E-state index < -0.39 is 0 Å². The third kappa shape index (κ3) is 2.95. The van der Waals surface area contributed by atoms with Crippen LogP contribution < -0.4 is 10.5 Å². The molecule has 102 valence electrons. The van der Waals surface area contributed by atoms with E-state index in [-0.39, 0.29) is 11.9 Å². The Morgan fingerprint density at radius 3 is 2.60 bits per heavy atom. The van der Waals surface area contributed by atoms with Crippen molar-refractivity contribution in [3.63, 3.8) is 0 Å². The molecule has 0 spiro atoms. The maximum Gasteiger partial charge on any atom is 0.132 e. The molecule has 0 bridgehead atoms. The van der Waals surface area contributed by atoms with Crippen molar-refractivity contribution in [1.29, 1.82) is 5.26 Å². The van der Waals surface area contributed by atoms with Gasteiger partial charge in [-0.25, -0.2) is 4.39 Å². The summed E-state index contributed by atoms with van der Waals surface area (Å²) < 4.78 is 19.1. The smallest absolute Gasteiger partial charge is 0.132 e. The van der Waals surface area contributed by atoms with Gasteiger partial charge in [-0.05, 0) is 49.7 Å². The number of halogens is 1. The van der Waals surface area contributed by atoms with Crippen molar-refractivity contribution in [2.45, 2.75) is 19.9 Å². The van der Waals surface area contributed by atoms with Gasteiger partial charge >= 0.3 is 0 Å². The second-order valence-corrected chi connectivity index (χ2v) is 4.66. The summed E-state index contributed by atoms with van der Waals surface area (Å²) in [5.74, 6) is 0.712. The molecule has 2 rings (SSSR count). The average Bonchev–Trinajstić information content (AvgIpc) is 2.42. The quantitative estimate of drug-likeness (QED) is 0.922. The topological polar surface area (TPSA) is 59.0 Å². The number of nitriles is 1. The first-order valence-electron chi connectivity index (χ1n) is 6.25. The van der Waals surface area contributed by atoms with Crippen LogP contribution in [0.15, 0.2) is 36.4 Å². The summed E-state index contributed by atoms with van der Waals surface area (Å²) in [5.41, 5.74) is 7.82. The Balaban J connectivity index is 2.42. The summed E-state index contributed by atoms with van der Waals surface area (Å²) in [6, 6.07) is 11.1. The van der Waals surface area contributed by atoms with Gasteiger partial charge in [0.05, 0.1) is 11.6 Å². The summed E-state index contributed by atoms with van der Waals surface area (Å²) in [5, 5.41) is 8.92. The third-order valence-corrected chi connectivity index (χ3v) is 3.00. The third-order valence-electron chi connectivity index (χ3n) is 3.00. The van der Waals surface area contributed by atoms with Crippen molar-refractivity contribution in [2.75, 3.05) is 0 Å². The van der Waals surface area contributed by atoms with Gasteiger partial charge in [0, 0.05) is 11.6 Å². The first-order chi connectivity index (χ1) is 9.51. The van der Waals surface area contributed by atoms with Crippen LogP contribution in [0.4, 0.5) is 4.39 Å². The summed E-state index contributed by atoms with van der Waals surface area (Å²) in [4.78, 5) is 0. The lowest BCUT2D eigenvalue weighted by molar-refractivity contribution is 0.465. The van der Waals surface area contributed by atoms with Gasteiger partial charge in [-0.2, -0.15) is 5.26 Å². The monoisotopic (exact) mass is 270 g/mol. The molecule has 2 aromatic carbocycles. The van der Waals surface area contributed by atoms with Crippen LogP contribution in [-0.2, 0) is 0 Å². The molecule has 0 aliphatic heterocycles. The normalized spacial score (nSPS) is 11.8. The van der Waals surface area contributed by atoms with Crippen molar-refractivity contribution in [2.24, 2.45) is 5.73 Å². The van der Waals surface area contributed by atoms with Crippen LogP contribution in [0.25, 0.3) is 0 Å². The number of ether oxygens (including phenoxy) is 1. The highest BCUT2D eigenvalue weighted by molar-refractivity contribution is 5.46. The number of nitrogens with zero attached hydrogens (tertiary/aromatic N) is 1. The number of nitrogens with two attached hydrogens (primary N) is 1. The molecule has 0 aromatic heterocycles. The van der Waals surface area contributed by atoms with E-state index in [1.165, 1.54) is 12.1 Å². The van der Waals surface area contributed by atoms with Gasteiger partial charge in [0.1, 0.15) is 17.3 Å². The molecular weight excluding hydrogens is 255 g/mol. The van der Waals surface area contributed by atoms with Gasteiger partial charge < -0.3 is 10.5 Å². The fourth-order valence-electron chi connectivity index (χ4n) is 1.87. The van der Waals surface area contributed by atoms with Crippen LogP contribution in [0, 0.1) is 24.1 Å². The molecule has 0 unspecified atom stereocenters. The number of rotatable bonds is 3. The van der Waals surface area contributed by atoms with E-state index in [4.69, 9.17) is 15.7 Å². The second kappa shape index (κ2) is 5.72. The van der Waals surface area contributed by atoms with Crippen LogP contribution in [0.1, 0.15) is 29.7 Å². The first kappa shape index (κ1) is 14.0. The van der Waals surface area contributed by atoms with Gasteiger partial charge in [-0.15, -0.1) is 0 Å². The molecule has 0 aliphatic carbocycles. The predicted octanol–water partition coefficient (Wildman–Crippen LogP) is 3.82. The van der Waals surface area contributed by atoms with Crippen molar-refractivity contribution in [3.8, 4) is 17.6 Å². The standard InChI is InChI=1S/C16H15FN2O/c1-10-3-4-12(9-18)7-16(10)20-15-6-5-13(17)8-14(15)11(2)19/h3-8,11H,19H2,1-2H3/t11-/m0/s1. The van der Waals surface area contributed by atoms with E-state index in [2.05, 4.69) is 6.07 Å². The number of benzene rings is 2. The summed E-state index contributed by atoms with van der Waals surface area (Å²) in [6.45, 7) is 3.64. The zero-order chi connectivity index (χ0) is 14.7. The fraction of sp³-hybridized carbons (Fsp3) is 0.188. The Bertz CT molecular complexity index is 675. The number of hydrogen-bond donors (Lipinski definition) is 1. The Morgan fingerprint density at radius 1 is 1.20 bits per heavy atom. The van der Waals surface area contributed by atoms with Crippen molar-refractivity contribution < 1.29 is 9.13 Å². The summed E-state index contributed by atoms with van der Waals surface area (Å²) in [7, 11) is 0. The van der Waals surface area contributed by atoms with E-state index >= 15 is 0 Å². The van der Waals surface area contributed by atoms with Gasteiger partial charge in [-0.1, -0.05) is 6.07 Å². The van der Waals surface area contributed by atoms with Crippen LogP contribution in [-0.4, -0.2) is 0 Å². The molecule has 3 nitrogen and oxygen atoms in total. The zero-order valence-electron chi connectivity index (χ0n) is 11.4. The first-order valence-corrected chi connectivity index (χ1v) is 6.25. The van der Waals surface area contributed by atoms with E-state index in [1.54, 1.807) is 25.1 Å². The van der Waals surface area contributed by atoms with Gasteiger partial charge in [-0.3, -0.25) is 0 Å².